The first-order valence-corrected chi connectivity index (χ1v) is 4.39. The highest BCUT2D eigenvalue weighted by atomic mass is 32.1. The maximum absolute atomic E-state index is 9.08. The Hall–Kier alpha value is -0.990. The normalized spacial score (nSPS) is 9.69. The van der Waals surface area contributed by atoms with E-state index in [0.717, 1.165) is 21.6 Å². The van der Waals surface area contributed by atoms with E-state index in [4.69, 9.17) is 5.11 Å². The van der Waals surface area contributed by atoms with Crippen LogP contribution in [0.3, 0.4) is 0 Å². The van der Waals surface area contributed by atoms with Crippen molar-refractivity contribution in [3.8, 4) is 0 Å². The first kappa shape index (κ1) is 10.1. The number of aliphatic hydroxyl groups is 1. The number of hydrogen-bond donors (Lipinski definition) is 2. The van der Waals surface area contributed by atoms with Crippen molar-refractivity contribution in [3.63, 3.8) is 0 Å². The maximum Gasteiger partial charge on any atom is 0.0688 e. The SMILES string of the molecule is C=Cc1cc(S)cc(CO)c1C=C. The van der Waals surface area contributed by atoms with Gasteiger partial charge >= 0.3 is 0 Å². The van der Waals surface area contributed by atoms with Gasteiger partial charge in [0.1, 0.15) is 0 Å². The van der Waals surface area contributed by atoms with Crippen molar-refractivity contribution < 1.29 is 5.11 Å². The summed E-state index contributed by atoms with van der Waals surface area (Å²) in [5.41, 5.74) is 2.71. The second-order valence-corrected chi connectivity index (χ2v) is 3.19. The van der Waals surface area contributed by atoms with Crippen molar-refractivity contribution in [3.05, 3.63) is 42.0 Å². The zero-order valence-electron chi connectivity index (χ0n) is 7.33. The molecule has 0 amide bonds. The predicted octanol–water partition coefficient (Wildman–Crippen LogP) is 2.75. The smallest absolute Gasteiger partial charge is 0.0688 e. The van der Waals surface area contributed by atoms with Gasteiger partial charge in [-0.15, -0.1) is 12.6 Å². The van der Waals surface area contributed by atoms with Crippen molar-refractivity contribution in [1.29, 1.82) is 0 Å². The van der Waals surface area contributed by atoms with Crippen molar-refractivity contribution in [1.82, 2.24) is 0 Å². The Bertz CT molecular complexity index is 342. The molecule has 0 aromatic heterocycles. The number of thiol groups is 1. The molecule has 1 rings (SSSR count). The summed E-state index contributed by atoms with van der Waals surface area (Å²) in [6.07, 6.45) is 3.45. The molecule has 0 saturated heterocycles. The van der Waals surface area contributed by atoms with Gasteiger partial charge in [0.05, 0.1) is 6.61 Å². The first-order valence-electron chi connectivity index (χ1n) is 3.94. The number of benzene rings is 1. The molecule has 1 aromatic rings. The molecule has 0 aliphatic carbocycles. The van der Waals surface area contributed by atoms with Gasteiger partial charge < -0.3 is 5.11 Å². The monoisotopic (exact) mass is 192 g/mol. The number of hydrogen-bond acceptors (Lipinski definition) is 2. The van der Waals surface area contributed by atoms with Crippen molar-refractivity contribution in [2.75, 3.05) is 0 Å². The molecule has 0 bridgehead atoms. The molecule has 1 aromatic carbocycles. The highest BCUT2D eigenvalue weighted by Gasteiger charge is 2.03. The molecular formula is C11H12OS. The third-order valence-electron chi connectivity index (χ3n) is 1.88. The highest BCUT2D eigenvalue weighted by Crippen LogP contribution is 2.22. The Balaban J connectivity index is 3.41. The van der Waals surface area contributed by atoms with Gasteiger partial charge in [-0.05, 0) is 28.8 Å². The van der Waals surface area contributed by atoms with Crippen LogP contribution < -0.4 is 0 Å². The summed E-state index contributed by atoms with van der Waals surface area (Å²) in [4.78, 5) is 0.824. The first-order chi connectivity index (χ1) is 6.22. The standard InChI is InChI=1S/C11H12OS/c1-3-8-5-10(13)6-9(7-12)11(8)4-2/h3-6,12-13H,1-2,7H2. The Morgan fingerprint density at radius 3 is 2.46 bits per heavy atom. The van der Waals surface area contributed by atoms with Gasteiger partial charge in [0, 0.05) is 4.90 Å². The molecule has 1 N–H and O–H groups in total. The van der Waals surface area contributed by atoms with E-state index in [-0.39, 0.29) is 6.61 Å². The summed E-state index contributed by atoms with van der Waals surface area (Å²) in [6, 6.07) is 3.72. The summed E-state index contributed by atoms with van der Waals surface area (Å²) in [5.74, 6) is 0. The van der Waals surface area contributed by atoms with Gasteiger partial charge in [-0.2, -0.15) is 0 Å². The van der Waals surface area contributed by atoms with Gasteiger partial charge in [0.2, 0.25) is 0 Å². The van der Waals surface area contributed by atoms with Crippen LogP contribution in [-0.4, -0.2) is 5.11 Å². The molecule has 0 spiro atoms. The van der Waals surface area contributed by atoms with E-state index in [1.165, 1.54) is 0 Å². The quantitative estimate of drug-likeness (QED) is 0.706. The van der Waals surface area contributed by atoms with Gasteiger partial charge in [0.25, 0.3) is 0 Å². The fraction of sp³-hybridized carbons (Fsp3) is 0.0909. The van der Waals surface area contributed by atoms with Crippen LogP contribution in [0.1, 0.15) is 16.7 Å². The van der Waals surface area contributed by atoms with Gasteiger partial charge in [-0.3, -0.25) is 0 Å². The van der Waals surface area contributed by atoms with E-state index < -0.39 is 0 Å². The minimum Gasteiger partial charge on any atom is -0.392 e. The fourth-order valence-corrected chi connectivity index (χ4v) is 1.56. The molecule has 0 atom stereocenters. The Kier molecular flexibility index (Phi) is 3.34. The lowest BCUT2D eigenvalue weighted by Crippen LogP contribution is -1.92. The third kappa shape index (κ3) is 2.02. The average molecular weight is 192 g/mol. The topological polar surface area (TPSA) is 20.2 Å². The average Bonchev–Trinajstić information content (AvgIpc) is 2.16. The van der Waals surface area contributed by atoms with E-state index in [0.29, 0.717) is 0 Å². The number of rotatable bonds is 3. The molecule has 0 saturated carbocycles. The second-order valence-electron chi connectivity index (χ2n) is 2.67. The van der Waals surface area contributed by atoms with Crippen LogP contribution in [0, 0.1) is 0 Å². The van der Waals surface area contributed by atoms with Crippen LogP contribution in [-0.2, 0) is 6.61 Å². The molecule has 1 nitrogen and oxygen atoms in total. The predicted molar refractivity (Wildman–Crippen MR) is 59.8 cm³/mol. The molecule has 2 heteroatoms. The second kappa shape index (κ2) is 4.30. The Morgan fingerprint density at radius 1 is 1.31 bits per heavy atom. The van der Waals surface area contributed by atoms with Crippen molar-refractivity contribution in [2.24, 2.45) is 0 Å². The van der Waals surface area contributed by atoms with Crippen LogP contribution in [0.5, 0.6) is 0 Å². The number of aliphatic hydroxyl groups excluding tert-OH is 1. The third-order valence-corrected chi connectivity index (χ3v) is 2.14. The van der Waals surface area contributed by atoms with Gasteiger partial charge in [0.15, 0.2) is 0 Å². The molecule has 0 radical (unpaired) electrons. The Morgan fingerprint density at radius 2 is 2.00 bits per heavy atom. The van der Waals surface area contributed by atoms with Crippen molar-refractivity contribution >= 4 is 24.8 Å². The van der Waals surface area contributed by atoms with Gasteiger partial charge in [-0.1, -0.05) is 25.3 Å². The van der Waals surface area contributed by atoms with Crippen LogP contribution in [0.2, 0.25) is 0 Å². The lowest BCUT2D eigenvalue weighted by atomic mass is 10.0. The zero-order valence-corrected chi connectivity index (χ0v) is 8.22. The molecule has 0 aliphatic rings. The summed E-state index contributed by atoms with van der Waals surface area (Å²) >= 11 is 4.22. The maximum atomic E-state index is 9.08. The van der Waals surface area contributed by atoms with E-state index in [2.05, 4.69) is 25.8 Å². The Labute approximate surface area is 83.8 Å². The molecule has 0 unspecified atom stereocenters. The zero-order chi connectivity index (χ0) is 9.84. The lowest BCUT2D eigenvalue weighted by Gasteiger charge is -2.08. The molecule has 13 heavy (non-hydrogen) atoms. The largest absolute Gasteiger partial charge is 0.392 e. The minimum atomic E-state index is -0.00338. The molecule has 0 heterocycles. The molecule has 0 aliphatic heterocycles. The summed E-state index contributed by atoms with van der Waals surface area (Å²) in [5, 5.41) is 9.08. The highest BCUT2D eigenvalue weighted by molar-refractivity contribution is 7.80. The molecule has 0 fully saturated rings. The van der Waals surface area contributed by atoms with E-state index in [1.807, 2.05) is 12.1 Å². The van der Waals surface area contributed by atoms with Crippen molar-refractivity contribution in [2.45, 2.75) is 11.5 Å². The molecule has 68 valence electrons. The summed E-state index contributed by atoms with van der Waals surface area (Å²) in [7, 11) is 0. The van der Waals surface area contributed by atoms with Gasteiger partial charge in [-0.25, -0.2) is 0 Å². The van der Waals surface area contributed by atoms with Crippen LogP contribution >= 0.6 is 12.6 Å². The van der Waals surface area contributed by atoms with E-state index >= 15 is 0 Å². The van der Waals surface area contributed by atoms with Crippen LogP contribution in [0.15, 0.2) is 30.2 Å². The minimum absolute atomic E-state index is 0.00338. The lowest BCUT2D eigenvalue weighted by molar-refractivity contribution is 0.281. The summed E-state index contributed by atoms with van der Waals surface area (Å²) in [6.45, 7) is 7.38. The van der Waals surface area contributed by atoms with Crippen LogP contribution in [0.4, 0.5) is 0 Å². The fourth-order valence-electron chi connectivity index (χ4n) is 1.27. The summed E-state index contributed by atoms with van der Waals surface area (Å²) < 4.78 is 0. The van der Waals surface area contributed by atoms with E-state index in [9.17, 15) is 0 Å². The van der Waals surface area contributed by atoms with Crippen LogP contribution in [0.25, 0.3) is 12.2 Å². The molecular weight excluding hydrogens is 180 g/mol. The van der Waals surface area contributed by atoms with E-state index in [1.54, 1.807) is 12.2 Å².